The average Bonchev–Trinajstić information content (AvgIpc) is 3.38. The van der Waals surface area contributed by atoms with Crippen LogP contribution in [-0.4, -0.2) is 37.7 Å². The molecular formula is C20H26N4O. The summed E-state index contributed by atoms with van der Waals surface area (Å²) in [5, 5.41) is 4.19. The number of carbonyl (C=O) groups excluding carboxylic acids is 1. The van der Waals surface area contributed by atoms with E-state index in [4.69, 9.17) is 0 Å². The molecule has 0 radical (unpaired) electrons. The van der Waals surface area contributed by atoms with Crippen LogP contribution in [0.1, 0.15) is 67.3 Å². The summed E-state index contributed by atoms with van der Waals surface area (Å²) in [5.74, 6) is 0.215. The maximum Gasteiger partial charge on any atom is 0.254 e. The van der Waals surface area contributed by atoms with Gasteiger partial charge >= 0.3 is 0 Å². The molecule has 1 amide bonds. The van der Waals surface area contributed by atoms with Gasteiger partial charge in [0.25, 0.3) is 5.91 Å². The number of carbonyl (C=O) groups is 1. The lowest BCUT2D eigenvalue weighted by molar-refractivity contribution is 0.0580. The lowest BCUT2D eigenvalue weighted by atomic mass is 10.0. The van der Waals surface area contributed by atoms with Gasteiger partial charge in [-0.3, -0.25) is 4.79 Å². The topological polar surface area (TPSA) is 51.0 Å². The van der Waals surface area contributed by atoms with E-state index in [0.29, 0.717) is 12.1 Å². The minimum absolute atomic E-state index is 0.215. The van der Waals surface area contributed by atoms with Crippen molar-refractivity contribution >= 4 is 5.91 Å². The van der Waals surface area contributed by atoms with Crippen LogP contribution in [0.25, 0.3) is 5.69 Å². The molecule has 0 aliphatic heterocycles. The zero-order chi connectivity index (χ0) is 17.2. The Bertz CT molecular complexity index is 712. The van der Waals surface area contributed by atoms with E-state index in [-0.39, 0.29) is 5.91 Å². The van der Waals surface area contributed by atoms with Crippen LogP contribution in [0.2, 0.25) is 0 Å². The molecule has 2 saturated carbocycles. The molecule has 0 unspecified atom stereocenters. The molecular weight excluding hydrogens is 312 g/mol. The van der Waals surface area contributed by atoms with E-state index in [0.717, 1.165) is 42.5 Å². The number of aryl methyl sites for hydroxylation is 1. The second-order valence-electron chi connectivity index (χ2n) is 7.43. The third kappa shape index (κ3) is 3.20. The fraction of sp³-hybridized carbons (Fsp3) is 0.550. The van der Waals surface area contributed by atoms with Crippen molar-refractivity contribution in [3.63, 3.8) is 0 Å². The van der Waals surface area contributed by atoms with Crippen molar-refractivity contribution in [2.24, 2.45) is 0 Å². The first kappa shape index (κ1) is 16.3. The van der Waals surface area contributed by atoms with Crippen molar-refractivity contribution in [2.45, 2.75) is 70.4 Å². The van der Waals surface area contributed by atoms with Crippen LogP contribution in [0.15, 0.2) is 30.9 Å². The second-order valence-corrected chi connectivity index (χ2v) is 7.43. The Kier molecular flexibility index (Phi) is 4.55. The summed E-state index contributed by atoms with van der Waals surface area (Å²) in [6.07, 6.45) is 12.9. The standard InChI is InChI=1S/C20H26N4O/c1-15-12-16(10-11-19(15)23-14-21-13-22-23)20(25)24(17-6-2-3-7-17)18-8-4-5-9-18/h10-14,17-18H,2-9H2,1H3. The fourth-order valence-corrected chi connectivity index (χ4v) is 4.52. The summed E-state index contributed by atoms with van der Waals surface area (Å²) in [4.78, 5) is 19.6. The predicted molar refractivity (Wildman–Crippen MR) is 96.8 cm³/mol. The molecule has 0 N–H and O–H groups in total. The van der Waals surface area contributed by atoms with Crippen LogP contribution in [0.3, 0.4) is 0 Å². The molecule has 0 bridgehead atoms. The number of benzene rings is 1. The molecule has 0 spiro atoms. The smallest absolute Gasteiger partial charge is 0.254 e. The van der Waals surface area contributed by atoms with Crippen molar-refractivity contribution < 1.29 is 4.79 Å². The quantitative estimate of drug-likeness (QED) is 0.849. The second kappa shape index (κ2) is 6.98. The summed E-state index contributed by atoms with van der Waals surface area (Å²) in [5.41, 5.74) is 2.83. The van der Waals surface area contributed by atoms with Crippen LogP contribution in [0, 0.1) is 6.92 Å². The summed E-state index contributed by atoms with van der Waals surface area (Å²) >= 11 is 0. The van der Waals surface area contributed by atoms with Gasteiger partial charge in [-0.15, -0.1) is 0 Å². The molecule has 4 rings (SSSR count). The van der Waals surface area contributed by atoms with E-state index in [1.54, 1.807) is 11.0 Å². The van der Waals surface area contributed by atoms with Gasteiger partial charge in [0.2, 0.25) is 0 Å². The number of hydrogen-bond acceptors (Lipinski definition) is 3. The number of rotatable bonds is 4. The normalized spacial score (nSPS) is 18.8. The van der Waals surface area contributed by atoms with Gasteiger partial charge in [0, 0.05) is 17.6 Å². The molecule has 132 valence electrons. The molecule has 25 heavy (non-hydrogen) atoms. The van der Waals surface area contributed by atoms with Crippen LogP contribution in [0.4, 0.5) is 0 Å². The average molecular weight is 338 g/mol. The summed E-state index contributed by atoms with van der Waals surface area (Å²) < 4.78 is 1.75. The lowest BCUT2D eigenvalue weighted by Gasteiger charge is -2.35. The molecule has 1 heterocycles. The highest BCUT2D eigenvalue weighted by Crippen LogP contribution is 2.33. The molecule has 1 aromatic carbocycles. The zero-order valence-corrected chi connectivity index (χ0v) is 14.9. The summed E-state index contributed by atoms with van der Waals surface area (Å²) in [6, 6.07) is 6.81. The minimum Gasteiger partial charge on any atom is -0.333 e. The highest BCUT2D eigenvalue weighted by atomic mass is 16.2. The highest BCUT2D eigenvalue weighted by Gasteiger charge is 2.34. The third-order valence-corrected chi connectivity index (χ3v) is 5.78. The van der Waals surface area contributed by atoms with Crippen molar-refractivity contribution in [1.82, 2.24) is 19.7 Å². The van der Waals surface area contributed by atoms with Gasteiger partial charge in [-0.05, 0) is 56.4 Å². The zero-order valence-electron chi connectivity index (χ0n) is 14.9. The highest BCUT2D eigenvalue weighted by molar-refractivity contribution is 5.95. The van der Waals surface area contributed by atoms with Gasteiger partial charge in [0.15, 0.2) is 0 Å². The van der Waals surface area contributed by atoms with Crippen molar-refractivity contribution in [1.29, 1.82) is 0 Å². The van der Waals surface area contributed by atoms with Gasteiger partial charge < -0.3 is 4.90 Å². The largest absolute Gasteiger partial charge is 0.333 e. The van der Waals surface area contributed by atoms with Crippen LogP contribution < -0.4 is 0 Å². The van der Waals surface area contributed by atoms with E-state index in [2.05, 4.69) is 15.0 Å². The summed E-state index contributed by atoms with van der Waals surface area (Å²) in [7, 11) is 0. The Morgan fingerprint density at radius 2 is 1.72 bits per heavy atom. The van der Waals surface area contributed by atoms with E-state index >= 15 is 0 Å². The molecule has 0 atom stereocenters. The van der Waals surface area contributed by atoms with Crippen molar-refractivity contribution in [3.05, 3.63) is 42.0 Å². The predicted octanol–water partition coefficient (Wildman–Crippen LogP) is 3.90. The maximum atomic E-state index is 13.4. The first-order valence-corrected chi connectivity index (χ1v) is 9.52. The molecule has 0 saturated heterocycles. The summed E-state index contributed by atoms with van der Waals surface area (Å²) in [6.45, 7) is 2.03. The third-order valence-electron chi connectivity index (χ3n) is 5.78. The van der Waals surface area contributed by atoms with Gasteiger partial charge in [-0.2, -0.15) is 5.10 Å². The van der Waals surface area contributed by atoms with Gasteiger partial charge in [-0.25, -0.2) is 9.67 Å². The Hall–Kier alpha value is -2.17. The maximum absolute atomic E-state index is 13.4. The Morgan fingerprint density at radius 3 is 2.24 bits per heavy atom. The van der Waals surface area contributed by atoms with Gasteiger partial charge in [-0.1, -0.05) is 25.7 Å². The molecule has 2 aliphatic carbocycles. The van der Waals surface area contributed by atoms with Crippen LogP contribution >= 0.6 is 0 Å². The first-order chi connectivity index (χ1) is 12.2. The fourth-order valence-electron chi connectivity index (χ4n) is 4.52. The molecule has 2 aromatic rings. The van der Waals surface area contributed by atoms with E-state index in [1.807, 2.05) is 25.1 Å². The van der Waals surface area contributed by atoms with E-state index < -0.39 is 0 Å². The number of hydrogen-bond donors (Lipinski definition) is 0. The first-order valence-electron chi connectivity index (χ1n) is 9.52. The Morgan fingerprint density at radius 1 is 1.08 bits per heavy atom. The van der Waals surface area contributed by atoms with Gasteiger partial charge in [0.05, 0.1) is 5.69 Å². The van der Waals surface area contributed by atoms with Crippen LogP contribution in [0.5, 0.6) is 0 Å². The monoisotopic (exact) mass is 338 g/mol. The molecule has 2 aliphatic rings. The molecule has 5 heteroatoms. The SMILES string of the molecule is Cc1cc(C(=O)N(C2CCCC2)C2CCCC2)ccc1-n1cncn1. The van der Waals surface area contributed by atoms with Crippen molar-refractivity contribution in [2.75, 3.05) is 0 Å². The van der Waals surface area contributed by atoms with E-state index in [1.165, 1.54) is 32.0 Å². The molecule has 5 nitrogen and oxygen atoms in total. The number of aromatic nitrogens is 3. The van der Waals surface area contributed by atoms with Crippen LogP contribution in [-0.2, 0) is 0 Å². The minimum atomic E-state index is 0.215. The number of amides is 1. The van der Waals surface area contributed by atoms with E-state index in [9.17, 15) is 4.79 Å². The number of nitrogens with zero attached hydrogens (tertiary/aromatic N) is 4. The Labute approximate surface area is 149 Å². The lowest BCUT2D eigenvalue weighted by Crippen LogP contribution is -2.45. The molecule has 2 fully saturated rings. The molecule has 1 aromatic heterocycles. The van der Waals surface area contributed by atoms with Gasteiger partial charge in [0.1, 0.15) is 12.7 Å². The van der Waals surface area contributed by atoms with Crippen molar-refractivity contribution in [3.8, 4) is 5.69 Å². The Balaban J connectivity index is 1.62.